The van der Waals surface area contributed by atoms with Crippen LogP contribution in [0.5, 0.6) is 5.75 Å². The van der Waals surface area contributed by atoms with Crippen molar-refractivity contribution in [3.63, 3.8) is 0 Å². The first-order valence-electron chi connectivity index (χ1n) is 4.91. The maximum Gasteiger partial charge on any atom is 0.124 e. The molecule has 0 aromatic heterocycles. The molecular formula is C11H17NO3. The molecular weight excluding hydrogens is 194 g/mol. The molecule has 0 saturated heterocycles. The molecule has 0 radical (unpaired) electrons. The summed E-state index contributed by atoms with van der Waals surface area (Å²) in [5, 5.41) is 17.8. The Kier molecular flexibility index (Phi) is 4.55. The first-order valence-corrected chi connectivity index (χ1v) is 4.91. The molecule has 0 bridgehead atoms. The van der Waals surface area contributed by atoms with Gasteiger partial charge < -0.3 is 20.7 Å². The van der Waals surface area contributed by atoms with Crippen LogP contribution in [0.25, 0.3) is 0 Å². The first kappa shape index (κ1) is 12.0. The Morgan fingerprint density at radius 2 is 2.07 bits per heavy atom. The van der Waals surface area contributed by atoms with Crippen molar-refractivity contribution in [2.45, 2.75) is 19.1 Å². The minimum absolute atomic E-state index is 0.0697. The quantitative estimate of drug-likeness (QED) is 0.660. The van der Waals surface area contributed by atoms with Gasteiger partial charge in [-0.15, -0.1) is 0 Å². The molecule has 0 spiro atoms. The van der Waals surface area contributed by atoms with E-state index < -0.39 is 6.10 Å². The monoisotopic (exact) mass is 211 g/mol. The highest BCUT2D eigenvalue weighted by atomic mass is 16.5. The summed E-state index contributed by atoms with van der Waals surface area (Å²) in [5.41, 5.74) is 6.65. The minimum Gasteiger partial charge on any atom is -0.490 e. The Hall–Kier alpha value is -1.10. The van der Waals surface area contributed by atoms with E-state index in [9.17, 15) is 0 Å². The van der Waals surface area contributed by atoms with Gasteiger partial charge in [-0.2, -0.15) is 0 Å². The summed E-state index contributed by atoms with van der Waals surface area (Å²) in [5.74, 6) is 0.653. The average molecular weight is 211 g/mol. The maximum atomic E-state index is 9.14. The Labute approximate surface area is 89.3 Å². The van der Waals surface area contributed by atoms with Gasteiger partial charge in [0.05, 0.1) is 6.61 Å². The van der Waals surface area contributed by atoms with E-state index in [1.807, 2.05) is 25.1 Å². The van der Waals surface area contributed by atoms with Crippen LogP contribution in [0, 0.1) is 0 Å². The van der Waals surface area contributed by atoms with E-state index in [0.717, 1.165) is 5.56 Å². The fraction of sp³-hybridized carbons (Fsp3) is 0.455. The number of aliphatic hydroxyl groups is 2. The van der Waals surface area contributed by atoms with E-state index in [2.05, 4.69) is 0 Å². The number of aliphatic hydroxyl groups excluding tert-OH is 2. The lowest BCUT2D eigenvalue weighted by atomic mass is 10.1. The van der Waals surface area contributed by atoms with E-state index in [1.165, 1.54) is 0 Å². The van der Waals surface area contributed by atoms with Crippen LogP contribution in [0.2, 0.25) is 0 Å². The van der Waals surface area contributed by atoms with Gasteiger partial charge in [0.2, 0.25) is 0 Å². The Balaban J connectivity index is 2.67. The van der Waals surface area contributed by atoms with Gasteiger partial charge in [-0.1, -0.05) is 18.2 Å². The Morgan fingerprint density at radius 1 is 1.40 bits per heavy atom. The molecule has 0 aliphatic rings. The SMILES string of the molecule is C[C@@H](N)c1ccccc1OCC(O)CO. The van der Waals surface area contributed by atoms with E-state index >= 15 is 0 Å². The minimum atomic E-state index is -0.855. The van der Waals surface area contributed by atoms with Crippen LogP contribution < -0.4 is 10.5 Å². The van der Waals surface area contributed by atoms with Crippen molar-refractivity contribution in [3.05, 3.63) is 29.8 Å². The molecule has 1 rings (SSSR count). The van der Waals surface area contributed by atoms with Gasteiger partial charge in [0.1, 0.15) is 18.5 Å². The van der Waals surface area contributed by atoms with Crippen LogP contribution in [-0.4, -0.2) is 29.5 Å². The second kappa shape index (κ2) is 5.70. The molecule has 0 fully saturated rings. The molecule has 4 heteroatoms. The first-order chi connectivity index (χ1) is 7.15. The molecule has 4 nitrogen and oxygen atoms in total. The predicted molar refractivity (Wildman–Crippen MR) is 57.6 cm³/mol. The third-order valence-electron chi connectivity index (χ3n) is 2.05. The second-order valence-electron chi connectivity index (χ2n) is 3.47. The molecule has 0 saturated carbocycles. The van der Waals surface area contributed by atoms with Crippen LogP contribution in [0.3, 0.4) is 0 Å². The standard InChI is InChI=1S/C11H17NO3/c1-8(12)10-4-2-3-5-11(10)15-7-9(14)6-13/h2-5,8-9,13-14H,6-7,12H2,1H3/t8-,9?/m1/s1. The molecule has 0 heterocycles. The van der Waals surface area contributed by atoms with Gasteiger partial charge in [-0.3, -0.25) is 0 Å². The number of ether oxygens (including phenoxy) is 1. The summed E-state index contributed by atoms with van der Waals surface area (Å²) >= 11 is 0. The highest BCUT2D eigenvalue weighted by Crippen LogP contribution is 2.23. The molecule has 15 heavy (non-hydrogen) atoms. The van der Waals surface area contributed by atoms with Crippen LogP contribution in [0.1, 0.15) is 18.5 Å². The van der Waals surface area contributed by atoms with Crippen molar-refractivity contribution in [1.82, 2.24) is 0 Å². The number of hydrogen-bond acceptors (Lipinski definition) is 4. The molecule has 4 N–H and O–H groups in total. The van der Waals surface area contributed by atoms with Gasteiger partial charge in [0, 0.05) is 11.6 Å². The molecule has 1 unspecified atom stereocenters. The Bertz CT molecular complexity index is 302. The van der Waals surface area contributed by atoms with Crippen molar-refractivity contribution in [3.8, 4) is 5.75 Å². The molecule has 0 amide bonds. The lowest BCUT2D eigenvalue weighted by Crippen LogP contribution is -2.22. The summed E-state index contributed by atoms with van der Waals surface area (Å²) < 4.78 is 5.36. The van der Waals surface area contributed by atoms with Crippen molar-refractivity contribution in [2.24, 2.45) is 5.73 Å². The van der Waals surface area contributed by atoms with E-state index in [4.69, 9.17) is 20.7 Å². The van der Waals surface area contributed by atoms with Crippen LogP contribution in [-0.2, 0) is 0 Å². The third-order valence-corrected chi connectivity index (χ3v) is 2.05. The zero-order chi connectivity index (χ0) is 11.3. The maximum absolute atomic E-state index is 9.14. The summed E-state index contributed by atoms with van der Waals surface area (Å²) in [7, 11) is 0. The highest BCUT2D eigenvalue weighted by molar-refractivity contribution is 5.35. The highest BCUT2D eigenvalue weighted by Gasteiger charge is 2.09. The van der Waals surface area contributed by atoms with Crippen LogP contribution in [0.15, 0.2) is 24.3 Å². The van der Waals surface area contributed by atoms with E-state index in [-0.39, 0.29) is 19.3 Å². The molecule has 2 atom stereocenters. The normalized spacial score (nSPS) is 14.7. The number of para-hydroxylation sites is 1. The molecule has 0 aliphatic carbocycles. The zero-order valence-electron chi connectivity index (χ0n) is 8.76. The van der Waals surface area contributed by atoms with Gasteiger partial charge in [-0.25, -0.2) is 0 Å². The topological polar surface area (TPSA) is 75.7 Å². The predicted octanol–water partition coefficient (Wildman–Crippen LogP) is 0.438. The van der Waals surface area contributed by atoms with Crippen LogP contribution >= 0.6 is 0 Å². The number of rotatable bonds is 5. The van der Waals surface area contributed by atoms with Crippen molar-refractivity contribution in [2.75, 3.05) is 13.2 Å². The van der Waals surface area contributed by atoms with Crippen LogP contribution in [0.4, 0.5) is 0 Å². The van der Waals surface area contributed by atoms with Crippen molar-refractivity contribution < 1.29 is 14.9 Å². The number of nitrogens with two attached hydrogens (primary N) is 1. The summed E-state index contributed by atoms with van der Waals surface area (Å²) in [6, 6.07) is 7.28. The lowest BCUT2D eigenvalue weighted by molar-refractivity contribution is 0.0532. The fourth-order valence-corrected chi connectivity index (χ4v) is 1.23. The lowest BCUT2D eigenvalue weighted by Gasteiger charge is -2.15. The smallest absolute Gasteiger partial charge is 0.124 e. The second-order valence-corrected chi connectivity index (χ2v) is 3.47. The van der Waals surface area contributed by atoms with E-state index in [1.54, 1.807) is 6.07 Å². The average Bonchev–Trinajstić information content (AvgIpc) is 2.26. The molecule has 1 aromatic carbocycles. The van der Waals surface area contributed by atoms with Gasteiger partial charge in [0.15, 0.2) is 0 Å². The number of hydrogen-bond donors (Lipinski definition) is 3. The Morgan fingerprint density at radius 3 is 2.67 bits per heavy atom. The zero-order valence-corrected chi connectivity index (χ0v) is 8.76. The largest absolute Gasteiger partial charge is 0.490 e. The molecule has 1 aromatic rings. The third kappa shape index (κ3) is 3.51. The summed E-state index contributed by atoms with van der Waals surface area (Å²) in [6.07, 6.45) is -0.855. The van der Waals surface area contributed by atoms with E-state index in [0.29, 0.717) is 5.75 Å². The van der Waals surface area contributed by atoms with Gasteiger partial charge in [0.25, 0.3) is 0 Å². The summed E-state index contributed by atoms with van der Waals surface area (Å²) in [6.45, 7) is 1.63. The number of benzene rings is 1. The van der Waals surface area contributed by atoms with Crippen molar-refractivity contribution >= 4 is 0 Å². The summed E-state index contributed by atoms with van der Waals surface area (Å²) in [4.78, 5) is 0. The molecule has 84 valence electrons. The fourth-order valence-electron chi connectivity index (χ4n) is 1.23. The van der Waals surface area contributed by atoms with Gasteiger partial charge >= 0.3 is 0 Å². The van der Waals surface area contributed by atoms with Gasteiger partial charge in [-0.05, 0) is 13.0 Å². The van der Waals surface area contributed by atoms with Crippen molar-refractivity contribution in [1.29, 1.82) is 0 Å². The molecule has 0 aliphatic heterocycles.